The van der Waals surface area contributed by atoms with Crippen LogP contribution in [0.15, 0.2) is 48.9 Å². The van der Waals surface area contributed by atoms with Gasteiger partial charge < -0.3 is 4.98 Å². The normalized spacial score (nSPS) is 11.0. The van der Waals surface area contributed by atoms with Crippen LogP contribution in [0.1, 0.15) is 5.69 Å². The van der Waals surface area contributed by atoms with Crippen LogP contribution < -0.4 is 0 Å². The number of halogens is 1. The number of rotatable bonds is 2. The molecular weight excluding hydrogens is 293 g/mol. The second-order valence-corrected chi connectivity index (χ2v) is 5.13. The lowest BCUT2D eigenvalue weighted by Gasteiger charge is -2.05. The van der Waals surface area contributed by atoms with Crippen molar-refractivity contribution in [3.05, 3.63) is 60.4 Å². The molecule has 1 N–H and O–H groups in total. The molecule has 0 aliphatic heterocycles. The second kappa shape index (κ2) is 5.24. The number of H-pyrrole nitrogens is 1. The summed E-state index contributed by atoms with van der Waals surface area (Å²) in [6.07, 6.45) is 3.32. The van der Waals surface area contributed by atoms with Gasteiger partial charge in [0.1, 0.15) is 11.5 Å². The fraction of sp³-hybridized carbons (Fsp3) is 0.0588. The Bertz CT molecular complexity index is 1010. The summed E-state index contributed by atoms with van der Waals surface area (Å²) in [5.41, 5.74) is 4.70. The first-order valence-corrected chi connectivity index (χ1v) is 7.11. The van der Waals surface area contributed by atoms with Gasteiger partial charge in [0.15, 0.2) is 0 Å². The van der Waals surface area contributed by atoms with E-state index in [9.17, 15) is 4.39 Å². The Morgan fingerprint density at radius 2 is 1.78 bits per heavy atom. The molecule has 0 spiro atoms. The van der Waals surface area contributed by atoms with E-state index in [1.54, 1.807) is 25.5 Å². The van der Waals surface area contributed by atoms with Crippen molar-refractivity contribution in [1.29, 1.82) is 0 Å². The first-order chi connectivity index (χ1) is 11.2. The molecule has 5 nitrogen and oxygen atoms in total. The first kappa shape index (κ1) is 13.5. The summed E-state index contributed by atoms with van der Waals surface area (Å²) in [6, 6.07) is 10.5. The van der Waals surface area contributed by atoms with E-state index in [0.717, 1.165) is 22.4 Å². The molecule has 23 heavy (non-hydrogen) atoms. The minimum absolute atomic E-state index is 0.333. The summed E-state index contributed by atoms with van der Waals surface area (Å²) in [4.78, 5) is 20.5. The average molecular weight is 305 g/mol. The number of aryl methyl sites for hydroxylation is 1. The molecule has 0 saturated heterocycles. The molecule has 4 aromatic rings. The van der Waals surface area contributed by atoms with Crippen molar-refractivity contribution in [3.63, 3.8) is 0 Å². The number of imidazole rings is 1. The average Bonchev–Trinajstić information content (AvgIpc) is 3.06. The van der Waals surface area contributed by atoms with Crippen molar-refractivity contribution in [3.8, 4) is 22.8 Å². The lowest BCUT2D eigenvalue weighted by atomic mass is 10.1. The van der Waals surface area contributed by atoms with Crippen molar-refractivity contribution in [2.45, 2.75) is 6.92 Å². The zero-order chi connectivity index (χ0) is 15.8. The van der Waals surface area contributed by atoms with Gasteiger partial charge in [-0.3, -0.25) is 4.98 Å². The highest BCUT2D eigenvalue weighted by Crippen LogP contribution is 2.28. The van der Waals surface area contributed by atoms with E-state index >= 15 is 0 Å². The largest absolute Gasteiger partial charge is 0.343 e. The summed E-state index contributed by atoms with van der Waals surface area (Å²) in [7, 11) is 0. The van der Waals surface area contributed by atoms with E-state index in [0.29, 0.717) is 17.1 Å². The van der Waals surface area contributed by atoms with Gasteiger partial charge in [-0.05, 0) is 43.3 Å². The van der Waals surface area contributed by atoms with Crippen molar-refractivity contribution < 1.29 is 4.39 Å². The Labute approximate surface area is 131 Å². The standard InChI is InChI=1S/C17H12FN5/c1-10-11(18)4-5-14(22-10)16-17(21-9-20-16)15-7-6-12-13(23-15)3-2-8-19-12/h2-9H,1H3,(H,20,21). The zero-order valence-corrected chi connectivity index (χ0v) is 12.3. The molecule has 0 bridgehead atoms. The van der Waals surface area contributed by atoms with Crippen LogP contribution in [0.25, 0.3) is 33.8 Å². The van der Waals surface area contributed by atoms with Crippen molar-refractivity contribution in [2.75, 3.05) is 0 Å². The van der Waals surface area contributed by atoms with Gasteiger partial charge >= 0.3 is 0 Å². The summed E-state index contributed by atoms with van der Waals surface area (Å²) >= 11 is 0. The maximum atomic E-state index is 13.4. The van der Waals surface area contributed by atoms with Crippen LogP contribution >= 0.6 is 0 Å². The Morgan fingerprint density at radius 1 is 0.913 bits per heavy atom. The molecule has 0 amide bonds. The molecule has 4 heterocycles. The minimum Gasteiger partial charge on any atom is -0.343 e. The summed E-state index contributed by atoms with van der Waals surface area (Å²) in [5.74, 6) is -0.333. The molecule has 0 fully saturated rings. The Balaban J connectivity index is 1.86. The molecule has 0 saturated carbocycles. The number of hydrogen-bond acceptors (Lipinski definition) is 4. The Hall–Kier alpha value is -3.15. The van der Waals surface area contributed by atoms with Crippen LogP contribution in [0.4, 0.5) is 4.39 Å². The summed E-state index contributed by atoms with van der Waals surface area (Å²) in [6.45, 7) is 1.63. The van der Waals surface area contributed by atoms with E-state index < -0.39 is 0 Å². The molecule has 0 aromatic carbocycles. The molecule has 6 heteroatoms. The molecule has 0 aliphatic rings. The lowest BCUT2D eigenvalue weighted by molar-refractivity contribution is 0.610. The second-order valence-electron chi connectivity index (χ2n) is 5.13. The maximum absolute atomic E-state index is 13.4. The highest BCUT2D eigenvalue weighted by atomic mass is 19.1. The number of nitrogens with zero attached hydrogens (tertiary/aromatic N) is 4. The molecule has 0 unspecified atom stereocenters. The fourth-order valence-electron chi connectivity index (χ4n) is 2.46. The van der Waals surface area contributed by atoms with Crippen molar-refractivity contribution in [2.24, 2.45) is 0 Å². The van der Waals surface area contributed by atoms with E-state index in [-0.39, 0.29) is 5.82 Å². The molecule has 0 radical (unpaired) electrons. The monoisotopic (exact) mass is 305 g/mol. The van der Waals surface area contributed by atoms with Gasteiger partial charge in [0.05, 0.1) is 40.1 Å². The van der Waals surface area contributed by atoms with Gasteiger partial charge in [-0.15, -0.1) is 0 Å². The highest BCUT2D eigenvalue weighted by molar-refractivity contribution is 5.80. The SMILES string of the molecule is Cc1nc(-c2nc[nH]c2-c2ccc3ncccc3n2)ccc1F. The van der Waals surface area contributed by atoms with Crippen molar-refractivity contribution >= 4 is 11.0 Å². The summed E-state index contributed by atoms with van der Waals surface area (Å²) < 4.78 is 13.4. The number of pyridine rings is 3. The van der Waals surface area contributed by atoms with Gasteiger partial charge in [-0.2, -0.15) is 0 Å². The number of fused-ring (bicyclic) bond motifs is 1. The summed E-state index contributed by atoms with van der Waals surface area (Å²) in [5, 5.41) is 0. The molecule has 112 valence electrons. The van der Waals surface area contributed by atoms with Crippen LogP contribution in [0.3, 0.4) is 0 Å². The van der Waals surface area contributed by atoms with Crippen molar-refractivity contribution in [1.82, 2.24) is 24.9 Å². The van der Waals surface area contributed by atoms with E-state index in [1.807, 2.05) is 24.3 Å². The number of aromatic amines is 1. The van der Waals surface area contributed by atoms with E-state index in [1.165, 1.54) is 6.07 Å². The quantitative estimate of drug-likeness (QED) is 0.615. The first-order valence-electron chi connectivity index (χ1n) is 7.11. The topological polar surface area (TPSA) is 67.3 Å². The van der Waals surface area contributed by atoms with Gasteiger partial charge in [-0.1, -0.05) is 0 Å². The number of nitrogens with one attached hydrogen (secondary N) is 1. The third kappa shape index (κ3) is 2.34. The Morgan fingerprint density at radius 3 is 2.65 bits per heavy atom. The smallest absolute Gasteiger partial charge is 0.144 e. The highest BCUT2D eigenvalue weighted by Gasteiger charge is 2.14. The van der Waals surface area contributed by atoms with Crippen LogP contribution in [-0.2, 0) is 0 Å². The molecule has 4 aromatic heterocycles. The zero-order valence-electron chi connectivity index (χ0n) is 12.3. The van der Waals surface area contributed by atoms with Crippen LogP contribution in [0, 0.1) is 12.7 Å². The lowest BCUT2D eigenvalue weighted by Crippen LogP contribution is -1.94. The van der Waals surface area contributed by atoms with Gasteiger partial charge in [-0.25, -0.2) is 19.3 Å². The van der Waals surface area contributed by atoms with Crippen LogP contribution in [0.5, 0.6) is 0 Å². The molecule has 0 atom stereocenters. The fourth-order valence-corrected chi connectivity index (χ4v) is 2.46. The van der Waals surface area contributed by atoms with Crippen LogP contribution in [-0.4, -0.2) is 24.9 Å². The predicted octanol–water partition coefficient (Wildman–Crippen LogP) is 3.53. The number of aromatic nitrogens is 5. The van der Waals surface area contributed by atoms with Crippen LogP contribution in [0.2, 0.25) is 0 Å². The molecule has 0 aliphatic carbocycles. The molecular formula is C17H12FN5. The van der Waals surface area contributed by atoms with Gasteiger partial charge in [0.2, 0.25) is 0 Å². The minimum atomic E-state index is -0.333. The predicted molar refractivity (Wildman–Crippen MR) is 85.0 cm³/mol. The maximum Gasteiger partial charge on any atom is 0.144 e. The van der Waals surface area contributed by atoms with Gasteiger partial charge in [0.25, 0.3) is 0 Å². The third-order valence-electron chi connectivity index (χ3n) is 3.62. The van der Waals surface area contributed by atoms with E-state index in [4.69, 9.17) is 0 Å². The van der Waals surface area contributed by atoms with Gasteiger partial charge in [0, 0.05) is 6.20 Å². The number of hydrogen-bond donors (Lipinski definition) is 1. The molecule has 4 rings (SSSR count). The Kier molecular flexibility index (Phi) is 3.08. The third-order valence-corrected chi connectivity index (χ3v) is 3.62. The van der Waals surface area contributed by atoms with E-state index in [2.05, 4.69) is 24.9 Å².